The Hall–Kier alpha value is -3.32. The van der Waals surface area contributed by atoms with Gasteiger partial charge in [-0.05, 0) is 35.2 Å². The zero-order valence-corrected chi connectivity index (χ0v) is 20.2. The molecule has 7 heteroatoms. The summed E-state index contributed by atoms with van der Waals surface area (Å²) >= 11 is 0. The average molecular weight is 498 g/mol. The number of halogens is 3. The number of hydrogen-bond donors (Lipinski definition) is 0. The van der Waals surface area contributed by atoms with Gasteiger partial charge in [-0.3, -0.25) is 4.79 Å². The molecule has 190 valence electrons. The van der Waals surface area contributed by atoms with Crippen LogP contribution in [0.25, 0.3) is 0 Å². The summed E-state index contributed by atoms with van der Waals surface area (Å²) in [6.45, 7) is 3.14. The number of piperidine rings is 1. The first kappa shape index (κ1) is 25.8. The molecular weight excluding hydrogens is 467 g/mol. The maximum atomic E-state index is 12.7. The van der Waals surface area contributed by atoms with E-state index in [9.17, 15) is 18.0 Å². The quantitative estimate of drug-likeness (QED) is 0.354. The molecule has 1 fully saturated rings. The number of alkyl halides is 3. The molecule has 4 rings (SSSR count). The van der Waals surface area contributed by atoms with Gasteiger partial charge in [0.05, 0.1) is 12.7 Å². The number of nitrogens with zero attached hydrogens (tertiary/aromatic N) is 1. The van der Waals surface area contributed by atoms with Crippen LogP contribution in [0.2, 0.25) is 0 Å². The SMILES string of the molecule is CCC(=O)N1CC[C@@H](OCc2cccc(OC(F)(F)F)c2)[C@@H](C(c2ccccc2)c2ccccc2)C1. The summed E-state index contributed by atoms with van der Waals surface area (Å²) in [5, 5.41) is 0. The predicted molar refractivity (Wildman–Crippen MR) is 131 cm³/mol. The maximum absolute atomic E-state index is 12.7. The molecule has 1 aliphatic rings. The van der Waals surface area contributed by atoms with Crippen molar-refractivity contribution in [1.82, 2.24) is 4.90 Å². The van der Waals surface area contributed by atoms with Crippen LogP contribution in [-0.4, -0.2) is 36.4 Å². The Balaban J connectivity index is 1.61. The fraction of sp³-hybridized carbons (Fsp3) is 0.345. The van der Waals surface area contributed by atoms with Crippen molar-refractivity contribution in [2.45, 2.75) is 44.8 Å². The number of carbonyl (C=O) groups excluding carboxylic acids is 1. The van der Waals surface area contributed by atoms with Crippen LogP contribution in [0.5, 0.6) is 5.75 Å². The number of amides is 1. The summed E-state index contributed by atoms with van der Waals surface area (Å²) < 4.78 is 48.4. The van der Waals surface area contributed by atoms with Crippen LogP contribution in [0.3, 0.4) is 0 Å². The van der Waals surface area contributed by atoms with E-state index in [1.54, 1.807) is 6.07 Å². The third-order valence-corrected chi connectivity index (χ3v) is 6.59. The van der Waals surface area contributed by atoms with Gasteiger partial charge < -0.3 is 14.4 Å². The van der Waals surface area contributed by atoms with Crippen LogP contribution in [0.4, 0.5) is 13.2 Å². The third-order valence-electron chi connectivity index (χ3n) is 6.59. The molecule has 0 unspecified atom stereocenters. The Bertz CT molecular complexity index is 1080. The summed E-state index contributed by atoms with van der Waals surface area (Å²) in [5.74, 6) is -0.205. The van der Waals surface area contributed by atoms with Gasteiger partial charge in [-0.15, -0.1) is 13.2 Å². The van der Waals surface area contributed by atoms with Gasteiger partial charge in [-0.2, -0.15) is 0 Å². The van der Waals surface area contributed by atoms with Crippen LogP contribution >= 0.6 is 0 Å². The number of hydrogen-bond acceptors (Lipinski definition) is 3. The minimum absolute atomic E-state index is 0.00949. The highest BCUT2D eigenvalue weighted by atomic mass is 19.4. The van der Waals surface area contributed by atoms with Gasteiger partial charge in [-0.1, -0.05) is 79.7 Å². The van der Waals surface area contributed by atoms with Crippen molar-refractivity contribution in [2.24, 2.45) is 5.92 Å². The van der Waals surface area contributed by atoms with Gasteiger partial charge >= 0.3 is 6.36 Å². The van der Waals surface area contributed by atoms with Crippen LogP contribution in [0.1, 0.15) is 42.4 Å². The highest BCUT2D eigenvalue weighted by molar-refractivity contribution is 5.76. The lowest BCUT2D eigenvalue weighted by molar-refractivity contribution is -0.274. The first-order valence-corrected chi connectivity index (χ1v) is 12.2. The monoisotopic (exact) mass is 497 g/mol. The van der Waals surface area contributed by atoms with Crippen LogP contribution in [0, 0.1) is 5.92 Å². The van der Waals surface area contributed by atoms with Gasteiger partial charge in [0.2, 0.25) is 5.91 Å². The Kier molecular flexibility index (Phi) is 8.31. The van der Waals surface area contributed by atoms with Crippen LogP contribution in [-0.2, 0) is 16.1 Å². The molecular formula is C29H30F3NO3. The maximum Gasteiger partial charge on any atom is 0.573 e. The molecule has 1 amide bonds. The van der Waals surface area contributed by atoms with Gasteiger partial charge in [0.15, 0.2) is 0 Å². The Morgan fingerprint density at radius 2 is 1.61 bits per heavy atom. The molecule has 0 saturated carbocycles. The van der Waals surface area contributed by atoms with Crippen molar-refractivity contribution in [1.29, 1.82) is 0 Å². The molecule has 0 spiro atoms. The third kappa shape index (κ3) is 6.66. The average Bonchev–Trinajstić information content (AvgIpc) is 2.88. The second-order valence-electron chi connectivity index (χ2n) is 8.99. The van der Waals surface area contributed by atoms with Crippen molar-refractivity contribution in [3.63, 3.8) is 0 Å². The molecule has 2 atom stereocenters. The number of ether oxygens (including phenoxy) is 2. The second kappa shape index (κ2) is 11.6. The molecule has 3 aromatic rings. The van der Waals surface area contributed by atoms with Crippen LogP contribution < -0.4 is 4.74 Å². The Labute approximate surface area is 209 Å². The van der Waals surface area contributed by atoms with E-state index >= 15 is 0 Å². The van der Waals surface area contributed by atoms with E-state index in [1.807, 2.05) is 48.2 Å². The predicted octanol–water partition coefficient (Wildman–Crippen LogP) is 6.56. The molecule has 0 N–H and O–H groups in total. The minimum Gasteiger partial charge on any atom is -0.406 e. The topological polar surface area (TPSA) is 38.8 Å². The van der Waals surface area contributed by atoms with Crippen molar-refractivity contribution < 1.29 is 27.4 Å². The van der Waals surface area contributed by atoms with Gasteiger partial charge in [0.25, 0.3) is 0 Å². The van der Waals surface area contributed by atoms with Gasteiger partial charge in [0.1, 0.15) is 5.75 Å². The standard InChI is InChI=1S/C29H30F3NO3/c1-2-27(34)33-17-16-26(35-20-21-10-9-15-24(18-21)36-29(30,31)32)25(19-33)28(22-11-5-3-6-12-22)23-13-7-4-8-14-23/h3-15,18,25-26,28H,2,16-17,19-20H2,1H3/t25-,26+/m0/s1. The first-order valence-electron chi connectivity index (χ1n) is 12.2. The minimum atomic E-state index is -4.75. The molecule has 0 radical (unpaired) electrons. The molecule has 1 heterocycles. The smallest absolute Gasteiger partial charge is 0.406 e. The molecule has 4 nitrogen and oxygen atoms in total. The molecule has 0 aliphatic carbocycles. The number of rotatable bonds is 8. The summed E-state index contributed by atoms with van der Waals surface area (Å²) in [5.41, 5.74) is 2.86. The lowest BCUT2D eigenvalue weighted by atomic mass is 9.75. The van der Waals surface area contributed by atoms with Crippen LogP contribution in [0.15, 0.2) is 84.9 Å². The van der Waals surface area contributed by atoms with E-state index in [4.69, 9.17) is 4.74 Å². The Morgan fingerprint density at radius 3 is 2.19 bits per heavy atom. The van der Waals surface area contributed by atoms with Crippen molar-refractivity contribution >= 4 is 5.91 Å². The van der Waals surface area contributed by atoms with E-state index in [2.05, 4.69) is 29.0 Å². The lowest BCUT2D eigenvalue weighted by Gasteiger charge is -2.42. The molecule has 36 heavy (non-hydrogen) atoms. The van der Waals surface area contributed by atoms with E-state index in [1.165, 1.54) is 18.2 Å². The first-order chi connectivity index (χ1) is 17.3. The van der Waals surface area contributed by atoms with Crippen molar-refractivity contribution in [3.8, 4) is 5.75 Å². The summed E-state index contributed by atoms with van der Waals surface area (Å²) in [4.78, 5) is 14.5. The summed E-state index contributed by atoms with van der Waals surface area (Å²) in [6, 6.07) is 26.2. The highest BCUT2D eigenvalue weighted by Gasteiger charge is 2.38. The fourth-order valence-corrected chi connectivity index (χ4v) is 4.98. The molecule has 1 saturated heterocycles. The largest absolute Gasteiger partial charge is 0.573 e. The molecule has 0 bridgehead atoms. The molecule has 0 aromatic heterocycles. The number of likely N-dealkylation sites (tertiary alicyclic amines) is 1. The van der Waals surface area contributed by atoms with Gasteiger partial charge in [0, 0.05) is 31.3 Å². The number of benzene rings is 3. The summed E-state index contributed by atoms with van der Waals surface area (Å²) in [6.07, 6.45) is -3.86. The second-order valence-corrected chi connectivity index (χ2v) is 8.99. The normalized spacial score (nSPS) is 18.3. The van der Waals surface area contributed by atoms with E-state index in [0.29, 0.717) is 31.5 Å². The van der Waals surface area contributed by atoms with E-state index in [-0.39, 0.29) is 36.2 Å². The van der Waals surface area contributed by atoms with Crippen molar-refractivity contribution in [3.05, 3.63) is 102 Å². The fourth-order valence-electron chi connectivity index (χ4n) is 4.98. The summed E-state index contributed by atoms with van der Waals surface area (Å²) in [7, 11) is 0. The molecule has 3 aromatic carbocycles. The lowest BCUT2D eigenvalue weighted by Crippen LogP contribution is -2.48. The zero-order chi connectivity index (χ0) is 25.5. The van der Waals surface area contributed by atoms with Gasteiger partial charge in [-0.25, -0.2) is 0 Å². The van der Waals surface area contributed by atoms with E-state index in [0.717, 1.165) is 11.1 Å². The molecule has 1 aliphatic heterocycles. The van der Waals surface area contributed by atoms with E-state index < -0.39 is 6.36 Å². The number of carbonyl (C=O) groups is 1. The zero-order valence-electron chi connectivity index (χ0n) is 20.2. The van der Waals surface area contributed by atoms with Crippen molar-refractivity contribution in [2.75, 3.05) is 13.1 Å². The Morgan fingerprint density at radius 1 is 0.972 bits per heavy atom. The highest BCUT2D eigenvalue weighted by Crippen LogP contribution is 2.39.